The number of likely N-dealkylation sites (tertiary alicyclic amines) is 1. The summed E-state index contributed by atoms with van der Waals surface area (Å²) >= 11 is 0. The summed E-state index contributed by atoms with van der Waals surface area (Å²) in [6.45, 7) is 1.70. The molecule has 0 amide bonds. The Bertz CT molecular complexity index is 1730. The number of methoxy groups -OCH3 is 1. The highest BCUT2D eigenvalue weighted by molar-refractivity contribution is 5.83. The van der Waals surface area contributed by atoms with Crippen molar-refractivity contribution in [3.63, 3.8) is 0 Å². The molecule has 4 heterocycles. The molecule has 2 aromatic heterocycles. The van der Waals surface area contributed by atoms with Gasteiger partial charge in [-0.25, -0.2) is 0 Å². The number of nitrogens with zero attached hydrogens (tertiary/aromatic N) is 2. The van der Waals surface area contributed by atoms with Gasteiger partial charge in [0.25, 0.3) is 11.3 Å². The second-order valence-electron chi connectivity index (χ2n) is 10.2. The lowest BCUT2D eigenvalue weighted by atomic mass is 9.83. The molecule has 1 fully saturated rings. The van der Waals surface area contributed by atoms with Crippen LogP contribution in [0.2, 0.25) is 0 Å². The molecular weight excluding hydrogens is 529 g/mol. The Labute approximate surface area is 225 Å². The number of phenols is 1. The number of halogens is 3. The van der Waals surface area contributed by atoms with Crippen LogP contribution in [0.25, 0.3) is 11.0 Å². The molecule has 2 aliphatic rings. The van der Waals surface area contributed by atoms with Gasteiger partial charge in [-0.15, -0.1) is 0 Å². The number of phenolic OH excluding ortho intramolecular Hbond substituents is 1. The largest absolute Gasteiger partial charge is 0.507 e. The van der Waals surface area contributed by atoms with Crippen molar-refractivity contribution in [2.75, 3.05) is 20.2 Å². The van der Waals surface area contributed by atoms with E-state index < -0.39 is 23.1 Å². The van der Waals surface area contributed by atoms with Gasteiger partial charge >= 0.3 is 6.18 Å². The molecule has 2 aliphatic heterocycles. The third kappa shape index (κ3) is 4.60. The highest BCUT2D eigenvalue weighted by Gasteiger charge is 2.41. The Morgan fingerprint density at radius 2 is 1.80 bits per heavy atom. The van der Waals surface area contributed by atoms with Crippen molar-refractivity contribution < 1.29 is 32.2 Å². The van der Waals surface area contributed by atoms with Gasteiger partial charge in [-0.1, -0.05) is 12.1 Å². The maximum absolute atomic E-state index is 14.2. The molecule has 208 valence electrons. The number of ether oxygens (including phenoxy) is 2. The van der Waals surface area contributed by atoms with Gasteiger partial charge in [0, 0.05) is 49.9 Å². The van der Waals surface area contributed by atoms with Crippen LogP contribution in [0.1, 0.15) is 29.4 Å². The Morgan fingerprint density at radius 3 is 2.58 bits per heavy atom. The number of hydrogen-bond donors (Lipinski definition) is 1. The predicted octanol–water partition coefficient (Wildman–Crippen LogP) is 5.10. The molecule has 4 aromatic rings. The zero-order valence-corrected chi connectivity index (χ0v) is 21.4. The Balaban J connectivity index is 1.40. The molecule has 0 unspecified atom stereocenters. The van der Waals surface area contributed by atoms with E-state index in [0.717, 1.165) is 12.1 Å². The summed E-state index contributed by atoms with van der Waals surface area (Å²) in [5.41, 5.74) is -0.413. The first-order chi connectivity index (χ1) is 19.1. The Hall–Kier alpha value is -4.25. The third-order valence-corrected chi connectivity index (χ3v) is 7.55. The van der Waals surface area contributed by atoms with Crippen molar-refractivity contribution in [1.82, 2.24) is 9.47 Å². The average molecular weight is 555 g/mol. The minimum absolute atomic E-state index is 0.0326. The van der Waals surface area contributed by atoms with Crippen LogP contribution in [-0.2, 0) is 19.3 Å². The highest BCUT2D eigenvalue weighted by atomic mass is 19.4. The monoisotopic (exact) mass is 554 g/mol. The number of alkyl halides is 3. The Morgan fingerprint density at radius 1 is 1.02 bits per heavy atom. The van der Waals surface area contributed by atoms with Gasteiger partial charge < -0.3 is 23.6 Å². The van der Waals surface area contributed by atoms with Gasteiger partial charge in [-0.3, -0.25) is 14.5 Å². The molecule has 40 heavy (non-hydrogen) atoms. The second kappa shape index (κ2) is 9.74. The maximum atomic E-state index is 14.2. The molecule has 2 aromatic carbocycles. The van der Waals surface area contributed by atoms with Crippen molar-refractivity contribution in [2.24, 2.45) is 5.92 Å². The molecule has 1 N–H and O–H groups in total. The summed E-state index contributed by atoms with van der Waals surface area (Å²) in [6, 6.07) is 13.5. The fourth-order valence-corrected chi connectivity index (χ4v) is 5.85. The maximum Gasteiger partial charge on any atom is 0.453 e. The average Bonchev–Trinajstić information content (AvgIpc) is 2.92. The summed E-state index contributed by atoms with van der Waals surface area (Å²) in [4.78, 5) is 27.8. The lowest BCUT2D eigenvalue weighted by Crippen LogP contribution is -2.46. The van der Waals surface area contributed by atoms with Crippen LogP contribution in [0, 0.1) is 5.92 Å². The van der Waals surface area contributed by atoms with E-state index in [9.17, 15) is 27.9 Å². The summed E-state index contributed by atoms with van der Waals surface area (Å²) < 4.78 is 60.2. The summed E-state index contributed by atoms with van der Waals surface area (Å²) in [7, 11) is 1.40. The van der Waals surface area contributed by atoms with Crippen LogP contribution in [0.4, 0.5) is 13.2 Å². The van der Waals surface area contributed by atoms with E-state index in [1.165, 1.54) is 43.5 Å². The number of fused-ring (bicyclic) bond motifs is 5. The lowest BCUT2D eigenvalue weighted by Gasteiger charge is -2.42. The first kappa shape index (κ1) is 26.0. The van der Waals surface area contributed by atoms with E-state index in [0.29, 0.717) is 25.4 Å². The van der Waals surface area contributed by atoms with Crippen LogP contribution < -0.4 is 20.5 Å². The van der Waals surface area contributed by atoms with E-state index in [-0.39, 0.29) is 52.0 Å². The lowest BCUT2D eigenvalue weighted by molar-refractivity contribution is -0.154. The molecular formula is C29H25F3N2O6. The number of pyridine rings is 1. The van der Waals surface area contributed by atoms with Crippen LogP contribution in [-0.4, -0.2) is 34.8 Å². The molecule has 6 rings (SSSR count). The van der Waals surface area contributed by atoms with Crippen LogP contribution >= 0.6 is 0 Å². The molecule has 0 radical (unpaired) electrons. The van der Waals surface area contributed by atoms with E-state index in [1.807, 2.05) is 11.0 Å². The first-order valence-corrected chi connectivity index (χ1v) is 12.7. The molecule has 0 saturated carbocycles. The molecule has 1 saturated heterocycles. The fourth-order valence-electron chi connectivity index (χ4n) is 5.85. The standard InChI is InChI=1S/C29H25F3N2O6/c1-38-18-4-2-5-19(11-18)39-27-25(37)20-8-9-23(35)21(26(20)40-28(27)29(30,31)32)15-33-12-16-10-17(14-33)22-6-3-7-24(36)34(22)13-16/h2-9,11,16-17,35H,10,12-15H2,1H3/t16-,17+/m1/s1. The topological polar surface area (TPSA) is 94.1 Å². The van der Waals surface area contributed by atoms with E-state index in [2.05, 4.69) is 0 Å². The number of hydrogen-bond acceptors (Lipinski definition) is 7. The van der Waals surface area contributed by atoms with Crippen LogP contribution in [0.5, 0.6) is 23.0 Å². The van der Waals surface area contributed by atoms with Gasteiger partial charge in [0.05, 0.1) is 18.1 Å². The summed E-state index contributed by atoms with van der Waals surface area (Å²) in [5.74, 6) is -2.36. The highest BCUT2D eigenvalue weighted by Crippen LogP contribution is 2.41. The number of aromatic hydroxyl groups is 1. The van der Waals surface area contributed by atoms with Crippen molar-refractivity contribution in [1.29, 1.82) is 0 Å². The van der Waals surface area contributed by atoms with Gasteiger partial charge in [-0.2, -0.15) is 13.2 Å². The minimum atomic E-state index is -5.05. The molecule has 2 bridgehead atoms. The van der Waals surface area contributed by atoms with Gasteiger partial charge in [0.15, 0.2) is 0 Å². The van der Waals surface area contributed by atoms with Crippen molar-refractivity contribution in [2.45, 2.75) is 31.6 Å². The second-order valence-corrected chi connectivity index (χ2v) is 10.2. The summed E-state index contributed by atoms with van der Waals surface area (Å²) in [5, 5.41) is 10.6. The number of rotatable bonds is 5. The quantitative estimate of drug-likeness (QED) is 0.367. The van der Waals surface area contributed by atoms with Gasteiger partial charge in [-0.05, 0) is 42.7 Å². The molecule has 0 aliphatic carbocycles. The Kier molecular flexibility index (Phi) is 6.33. The molecule has 8 nitrogen and oxygen atoms in total. The normalized spacial score (nSPS) is 18.9. The number of piperidine rings is 1. The zero-order chi connectivity index (χ0) is 28.2. The zero-order valence-electron chi connectivity index (χ0n) is 21.4. The minimum Gasteiger partial charge on any atom is -0.507 e. The smallest absolute Gasteiger partial charge is 0.453 e. The van der Waals surface area contributed by atoms with Crippen molar-refractivity contribution in [3.8, 4) is 23.0 Å². The van der Waals surface area contributed by atoms with E-state index >= 15 is 0 Å². The van der Waals surface area contributed by atoms with Gasteiger partial charge in [0.1, 0.15) is 22.8 Å². The van der Waals surface area contributed by atoms with Gasteiger partial charge in [0.2, 0.25) is 11.2 Å². The van der Waals surface area contributed by atoms with Crippen molar-refractivity contribution in [3.05, 3.63) is 92.2 Å². The SMILES string of the molecule is COc1cccc(Oc2c(C(F)(F)F)oc3c(CN4C[C@H]5C[C@@H](C4)c4cccc(=O)n4C5)c(O)ccc3c2=O)c1. The number of aromatic nitrogens is 1. The van der Waals surface area contributed by atoms with E-state index in [4.69, 9.17) is 13.9 Å². The fraction of sp³-hybridized carbons (Fsp3) is 0.310. The van der Waals surface area contributed by atoms with E-state index in [1.54, 1.807) is 16.7 Å². The van der Waals surface area contributed by atoms with Crippen molar-refractivity contribution >= 4 is 11.0 Å². The summed E-state index contributed by atoms with van der Waals surface area (Å²) in [6.07, 6.45) is -4.16. The predicted molar refractivity (Wildman–Crippen MR) is 139 cm³/mol. The third-order valence-electron chi connectivity index (χ3n) is 7.55. The molecule has 2 atom stereocenters. The molecule has 11 heteroatoms. The first-order valence-electron chi connectivity index (χ1n) is 12.7. The molecule has 0 spiro atoms. The number of benzene rings is 2. The van der Waals surface area contributed by atoms with Crippen LogP contribution in [0.15, 0.2) is 68.6 Å². The van der Waals surface area contributed by atoms with Crippen LogP contribution in [0.3, 0.4) is 0 Å².